The Hall–Kier alpha value is -1.71. The Morgan fingerprint density at radius 1 is 1.15 bits per heavy atom. The van der Waals surface area contributed by atoms with E-state index in [-0.39, 0.29) is 6.04 Å². The number of benzene rings is 1. The highest BCUT2D eigenvalue weighted by Crippen LogP contribution is 2.46. The van der Waals surface area contributed by atoms with E-state index in [1.165, 1.54) is 49.8 Å². The highest BCUT2D eigenvalue weighted by atomic mass is 16.1. The third-order valence-corrected chi connectivity index (χ3v) is 7.00. The molecule has 0 spiro atoms. The van der Waals surface area contributed by atoms with Gasteiger partial charge in [0.25, 0.3) is 0 Å². The molecule has 3 unspecified atom stereocenters. The summed E-state index contributed by atoms with van der Waals surface area (Å²) in [5.41, 5.74) is 4.44. The van der Waals surface area contributed by atoms with Crippen LogP contribution in [0.2, 0.25) is 0 Å². The molecule has 4 aliphatic rings. The monoisotopic (exact) mass is 365 g/mol. The topological polar surface area (TPSA) is 20.3 Å². The van der Waals surface area contributed by atoms with E-state index in [4.69, 9.17) is 0 Å². The zero-order chi connectivity index (χ0) is 18.9. The van der Waals surface area contributed by atoms with Crippen LogP contribution >= 0.6 is 0 Å². The molecule has 0 amide bonds. The van der Waals surface area contributed by atoms with Crippen molar-refractivity contribution >= 4 is 11.9 Å². The second kappa shape index (κ2) is 7.73. The van der Waals surface area contributed by atoms with Crippen molar-refractivity contribution in [3.05, 3.63) is 53.6 Å². The summed E-state index contributed by atoms with van der Waals surface area (Å²) in [7, 11) is 2.23. The summed E-state index contributed by atoms with van der Waals surface area (Å²) in [4.78, 5) is 11.0. The van der Waals surface area contributed by atoms with Gasteiger partial charge in [0.15, 0.2) is 12.3 Å². The third-order valence-electron chi connectivity index (χ3n) is 7.00. The zero-order valence-corrected chi connectivity index (χ0v) is 16.8. The molecular formula is C24H33N2O+. The van der Waals surface area contributed by atoms with Crippen LogP contribution in [0.1, 0.15) is 51.0 Å². The number of quaternary nitrogens is 1. The second-order valence-electron chi connectivity index (χ2n) is 8.82. The first-order valence-corrected chi connectivity index (χ1v) is 10.7. The normalized spacial score (nSPS) is 34.8. The molecule has 1 aromatic carbocycles. The number of carbonyl (C=O) groups excluding carboxylic acids is 1. The fourth-order valence-electron chi connectivity index (χ4n) is 5.18. The number of hydrogen-bond acceptors (Lipinski definition) is 2. The molecule has 4 atom stereocenters. The summed E-state index contributed by atoms with van der Waals surface area (Å²) in [6, 6.07) is 11.5. The van der Waals surface area contributed by atoms with Gasteiger partial charge in [-0.1, -0.05) is 48.1 Å². The van der Waals surface area contributed by atoms with E-state index in [9.17, 15) is 4.79 Å². The zero-order valence-electron chi connectivity index (χ0n) is 16.8. The molecule has 5 rings (SSSR count). The number of allylic oxidation sites excluding steroid dienone is 4. The van der Waals surface area contributed by atoms with Crippen molar-refractivity contribution < 1.29 is 9.39 Å². The van der Waals surface area contributed by atoms with Crippen LogP contribution in [0.15, 0.2) is 48.1 Å². The molecule has 3 heteroatoms. The number of rotatable bonds is 3. The van der Waals surface area contributed by atoms with Crippen LogP contribution in [0.4, 0.5) is 0 Å². The van der Waals surface area contributed by atoms with Crippen molar-refractivity contribution in [2.75, 3.05) is 20.1 Å². The lowest BCUT2D eigenvalue weighted by Crippen LogP contribution is -2.61. The lowest BCUT2D eigenvalue weighted by molar-refractivity contribution is -1.02. The van der Waals surface area contributed by atoms with Crippen LogP contribution in [-0.4, -0.2) is 48.1 Å². The van der Waals surface area contributed by atoms with Crippen molar-refractivity contribution in [2.24, 2.45) is 5.92 Å². The molecule has 0 radical (unpaired) electrons. The van der Waals surface area contributed by atoms with E-state index in [2.05, 4.69) is 61.5 Å². The van der Waals surface area contributed by atoms with Crippen LogP contribution in [0.5, 0.6) is 0 Å². The Kier molecular flexibility index (Phi) is 5.34. The first-order chi connectivity index (χ1) is 13.1. The number of carbonyl (C=O) groups is 1. The van der Waals surface area contributed by atoms with E-state index < -0.39 is 0 Å². The molecule has 1 aromatic rings. The molecule has 2 aliphatic carbocycles. The van der Waals surface area contributed by atoms with E-state index >= 15 is 0 Å². The summed E-state index contributed by atoms with van der Waals surface area (Å²) in [5, 5.41) is 2.52. The van der Waals surface area contributed by atoms with Gasteiger partial charge in [-0.15, -0.1) is 0 Å². The Morgan fingerprint density at radius 2 is 1.96 bits per heavy atom. The molecule has 3 fully saturated rings. The van der Waals surface area contributed by atoms with Crippen LogP contribution in [0.3, 0.4) is 0 Å². The van der Waals surface area contributed by atoms with Gasteiger partial charge < -0.3 is 0 Å². The largest absolute Gasteiger partial charge is 0.297 e. The molecule has 2 aliphatic heterocycles. The summed E-state index contributed by atoms with van der Waals surface area (Å²) in [6.45, 7) is 4.60. The van der Waals surface area contributed by atoms with Crippen molar-refractivity contribution in [1.82, 2.24) is 5.01 Å². The highest BCUT2D eigenvalue weighted by Gasteiger charge is 2.46. The lowest BCUT2D eigenvalue weighted by Gasteiger charge is -2.42. The van der Waals surface area contributed by atoms with E-state index in [0.29, 0.717) is 6.04 Å². The van der Waals surface area contributed by atoms with Gasteiger partial charge >= 0.3 is 0 Å². The van der Waals surface area contributed by atoms with Crippen LogP contribution in [-0.2, 0) is 4.79 Å². The van der Waals surface area contributed by atoms with Gasteiger partial charge in [-0.25, -0.2) is 4.59 Å². The number of aldehydes is 1. The van der Waals surface area contributed by atoms with Gasteiger partial charge in [0.2, 0.25) is 0 Å². The van der Waals surface area contributed by atoms with E-state index in [1.807, 2.05) is 0 Å². The quantitative estimate of drug-likeness (QED) is 0.576. The number of nitrogens with zero attached hydrogens (tertiary/aromatic N) is 2. The minimum Gasteiger partial charge on any atom is -0.297 e. The maximum atomic E-state index is 11.0. The summed E-state index contributed by atoms with van der Waals surface area (Å²) >= 11 is 0. The average Bonchev–Trinajstić information content (AvgIpc) is 3.18. The standard InChI is InChI=1S/C13H12.C11H21N2O/c1-2-4-10(5-3-1)11-6-7-12-9-13(12)8-11;1-10-5-3-7-12(10)13(2)8-4-6-11(13)9-14/h1-6,8,12H,7,9H2;9-11H,3-8H2,1-2H3/q;+1/t;10?,11?,13-/m.1/s1. The number of hydrogen-bond donors (Lipinski definition) is 0. The van der Waals surface area contributed by atoms with Crippen molar-refractivity contribution in [3.63, 3.8) is 0 Å². The minimum absolute atomic E-state index is 0.218. The van der Waals surface area contributed by atoms with Crippen molar-refractivity contribution in [1.29, 1.82) is 0 Å². The molecule has 144 valence electrons. The second-order valence-corrected chi connectivity index (χ2v) is 8.82. The molecule has 1 saturated carbocycles. The molecule has 0 N–H and O–H groups in total. The summed E-state index contributed by atoms with van der Waals surface area (Å²) in [5.74, 6) is 0.910. The van der Waals surface area contributed by atoms with Crippen molar-refractivity contribution in [2.45, 2.75) is 57.5 Å². The van der Waals surface area contributed by atoms with Gasteiger partial charge in [0, 0.05) is 19.4 Å². The molecule has 27 heavy (non-hydrogen) atoms. The Balaban J connectivity index is 0.000000134. The molecule has 2 saturated heterocycles. The van der Waals surface area contributed by atoms with Gasteiger partial charge in [0.1, 0.15) is 0 Å². The SMILES string of the molecule is C1=C(c2ccccc2)C=C2CC2C1.CC1CCCN1[N@+]1(C)CCCC1C=O. The fraction of sp³-hybridized carbons (Fsp3) is 0.542. The number of fused-ring (bicyclic) bond motifs is 1. The van der Waals surface area contributed by atoms with Gasteiger partial charge in [-0.2, -0.15) is 5.01 Å². The van der Waals surface area contributed by atoms with Gasteiger partial charge in [0.05, 0.1) is 19.6 Å². The highest BCUT2D eigenvalue weighted by molar-refractivity contribution is 5.77. The summed E-state index contributed by atoms with van der Waals surface area (Å²) < 4.78 is 0.880. The smallest absolute Gasteiger partial charge is 0.179 e. The fourth-order valence-corrected chi connectivity index (χ4v) is 5.18. The number of likely N-dealkylation sites (tertiary alicyclic amines) is 1. The van der Waals surface area contributed by atoms with Crippen molar-refractivity contribution in [3.8, 4) is 0 Å². The van der Waals surface area contributed by atoms with Gasteiger partial charge in [-0.05, 0) is 49.7 Å². The Morgan fingerprint density at radius 3 is 2.63 bits per heavy atom. The third kappa shape index (κ3) is 3.81. The minimum atomic E-state index is 0.218. The van der Waals surface area contributed by atoms with Gasteiger partial charge in [-0.3, -0.25) is 4.79 Å². The molecular weight excluding hydrogens is 332 g/mol. The number of likely N-dealkylation sites (N-methyl/N-ethyl adjacent to an activating group) is 1. The van der Waals surface area contributed by atoms with E-state index in [0.717, 1.165) is 29.8 Å². The van der Waals surface area contributed by atoms with Crippen LogP contribution < -0.4 is 0 Å². The Bertz CT molecular complexity index is 738. The van der Waals surface area contributed by atoms with Crippen LogP contribution in [0.25, 0.3) is 5.57 Å². The lowest BCUT2D eigenvalue weighted by atomic mass is 10.00. The first kappa shape index (κ1) is 18.6. The molecule has 2 heterocycles. The predicted octanol–water partition coefficient (Wildman–Crippen LogP) is 4.61. The molecule has 0 bridgehead atoms. The molecule has 3 nitrogen and oxygen atoms in total. The first-order valence-electron chi connectivity index (χ1n) is 10.7. The maximum absolute atomic E-state index is 11.0. The van der Waals surface area contributed by atoms with E-state index in [1.54, 1.807) is 5.57 Å². The van der Waals surface area contributed by atoms with Crippen LogP contribution in [0, 0.1) is 5.92 Å². The molecule has 0 aromatic heterocycles. The average molecular weight is 366 g/mol. The Labute approximate surface area is 163 Å². The maximum Gasteiger partial charge on any atom is 0.179 e. The summed E-state index contributed by atoms with van der Waals surface area (Å²) in [6.07, 6.45) is 13.4. The predicted molar refractivity (Wildman–Crippen MR) is 111 cm³/mol.